The average Bonchev–Trinajstić information content (AvgIpc) is 2.89. The minimum absolute atomic E-state index is 0.0928. The van der Waals surface area contributed by atoms with Gasteiger partial charge in [0.15, 0.2) is 11.5 Å². The molecule has 0 aliphatic heterocycles. The maximum atomic E-state index is 13.1. The minimum Gasteiger partial charge on any atom is -0.493 e. The second-order valence-electron chi connectivity index (χ2n) is 8.00. The number of carbonyl (C=O) groups is 2. The number of aromatic nitrogens is 1. The smallest absolute Gasteiger partial charge is 0.320 e. The van der Waals surface area contributed by atoms with Crippen molar-refractivity contribution < 1.29 is 33.3 Å². The van der Waals surface area contributed by atoms with Crippen LogP contribution in [0.3, 0.4) is 0 Å². The molecule has 37 heavy (non-hydrogen) atoms. The van der Waals surface area contributed by atoms with Gasteiger partial charge >= 0.3 is 5.97 Å². The highest BCUT2D eigenvalue weighted by atomic mass is 19.1. The molecule has 0 aliphatic carbocycles. The predicted molar refractivity (Wildman–Crippen MR) is 135 cm³/mol. The van der Waals surface area contributed by atoms with Gasteiger partial charge in [0.2, 0.25) is 0 Å². The third-order valence-electron chi connectivity index (χ3n) is 5.44. The van der Waals surface area contributed by atoms with Gasteiger partial charge in [-0.3, -0.25) is 14.6 Å². The number of methoxy groups -OCH3 is 1. The van der Waals surface area contributed by atoms with E-state index in [1.54, 1.807) is 48.7 Å². The lowest BCUT2D eigenvalue weighted by molar-refractivity contribution is -0.138. The zero-order valence-corrected chi connectivity index (χ0v) is 19.8. The summed E-state index contributed by atoms with van der Waals surface area (Å²) in [5.74, 6) is -0.000108. The molecule has 0 bridgehead atoms. The number of anilines is 1. The Morgan fingerprint density at radius 2 is 1.76 bits per heavy atom. The van der Waals surface area contributed by atoms with E-state index < -0.39 is 17.8 Å². The van der Waals surface area contributed by atoms with Crippen molar-refractivity contribution in [3.05, 3.63) is 84.3 Å². The number of fused-ring (bicyclic) bond motifs is 1. The van der Waals surface area contributed by atoms with Gasteiger partial charge in [0.25, 0.3) is 5.91 Å². The van der Waals surface area contributed by atoms with Gasteiger partial charge in [0.05, 0.1) is 19.2 Å². The number of hydrogen-bond donors (Lipinski definition) is 3. The van der Waals surface area contributed by atoms with Crippen LogP contribution in [0.2, 0.25) is 0 Å². The molecule has 0 fully saturated rings. The molecule has 0 saturated carbocycles. The first-order valence-electron chi connectivity index (χ1n) is 11.3. The first-order chi connectivity index (χ1) is 17.8. The standard InChI is InChI=1S/C27H24FN3O6/c1-35-24-14-20-22(15-25(24)36-13-11-21(29)27(33)34)30-12-10-23(20)37-19-8-6-18(7-9-19)31-26(32)16-2-4-17(28)5-3-16/h2-10,12,14-15,21H,11,13,29H2,1H3,(H,31,32)(H,33,34). The van der Waals surface area contributed by atoms with Gasteiger partial charge < -0.3 is 30.4 Å². The summed E-state index contributed by atoms with van der Waals surface area (Å²) in [6, 6.07) is 16.1. The Morgan fingerprint density at radius 1 is 1.03 bits per heavy atom. The number of nitrogens with two attached hydrogens (primary N) is 1. The van der Waals surface area contributed by atoms with Crippen LogP contribution >= 0.6 is 0 Å². The second-order valence-corrected chi connectivity index (χ2v) is 8.00. The van der Waals surface area contributed by atoms with Crippen molar-refractivity contribution in [1.82, 2.24) is 4.98 Å². The third-order valence-corrected chi connectivity index (χ3v) is 5.44. The molecular weight excluding hydrogens is 481 g/mol. The molecule has 4 aromatic rings. The van der Waals surface area contributed by atoms with Crippen LogP contribution in [0.5, 0.6) is 23.0 Å². The second kappa shape index (κ2) is 11.4. The Labute approximate surface area is 211 Å². The summed E-state index contributed by atoms with van der Waals surface area (Å²) < 4.78 is 30.3. The molecule has 0 radical (unpaired) electrons. The highest BCUT2D eigenvalue weighted by molar-refractivity contribution is 6.04. The van der Waals surface area contributed by atoms with Gasteiger partial charge in [0.1, 0.15) is 23.4 Å². The van der Waals surface area contributed by atoms with Crippen LogP contribution in [0.1, 0.15) is 16.8 Å². The number of carbonyl (C=O) groups excluding carboxylic acids is 1. The van der Waals surface area contributed by atoms with Crippen LogP contribution in [0.4, 0.5) is 10.1 Å². The molecule has 1 unspecified atom stereocenters. The lowest BCUT2D eigenvalue weighted by atomic mass is 10.1. The highest BCUT2D eigenvalue weighted by Gasteiger charge is 2.15. The fourth-order valence-corrected chi connectivity index (χ4v) is 3.45. The molecule has 1 aromatic heterocycles. The maximum absolute atomic E-state index is 13.1. The highest BCUT2D eigenvalue weighted by Crippen LogP contribution is 2.37. The quantitative estimate of drug-likeness (QED) is 0.285. The third kappa shape index (κ3) is 6.30. The summed E-state index contributed by atoms with van der Waals surface area (Å²) in [5, 5.41) is 12.3. The van der Waals surface area contributed by atoms with Crippen molar-refractivity contribution in [1.29, 1.82) is 0 Å². The van der Waals surface area contributed by atoms with E-state index in [0.717, 1.165) is 0 Å². The summed E-state index contributed by atoms with van der Waals surface area (Å²) in [5.41, 5.74) is 7.00. The summed E-state index contributed by atoms with van der Waals surface area (Å²) in [6.45, 7) is 0.0928. The lowest BCUT2D eigenvalue weighted by Crippen LogP contribution is -2.31. The van der Waals surface area contributed by atoms with E-state index in [1.165, 1.54) is 31.4 Å². The number of halogens is 1. The van der Waals surface area contributed by atoms with Crippen molar-refractivity contribution in [2.75, 3.05) is 19.0 Å². The van der Waals surface area contributed by atoms with E-state index in [1.807, 2.05) is 0 Å². The first kappa shape index (κ1) is 25.4. The van der Waals surface area contributed by atoms with Crippen LogP contribution in [0, 0.1) is 5.82 Å². The van der Waals surface area contributed by atoms with E-state index in [9.17, 15) is 14.0 Å². The van der Waals surface area contributed by atoms with Crippen molar-refractivity contribution in [2.24, 2.45) is 5.73 Å². The number of nitrogens with one attached hydrogen (secondary N) is 1. The van der Waals surface area contributed by atoms with Crippen LogP contribution in [0.25, 0.3) is 10.9 Å². The fraction of sp³-hybridized carbons (Fsp3) is 0.148. The molecule has 0 spiro atoms. The molecule has 9 nitrogen and oxygen atoms in total. The van der Waals surface area contributed by atoms with Gasteiger partial charge in [-0.15, -0.1) is 0 Å². The van der Waals surface area contributed by atoms with Crippen molar-refractivity contribution >= 4 is 28.5 Å². The molecule has 4 rings (SSSR count). The van der Waals surface area contributed by atoms with Crippen LogP contribution < -0.4 is 25.3 Å². The molecule has 1 heterocycles. The summed E-state index contributed by atoms with van der Waals surface area (Å²) in [7, 11) is 1.49. The van der Waals surface area contributed by atoms with Gasteiger partial charge in [-0.1, -0.05) is 0 Å². The van der Waals surface area contributed by atoms with Gasteiger partial charge in [-0.25, -0.2) is 4.39 Å². The van der Waals surface area contributed by atoms with E-state index in [2.05, 4.69) is 10.3 Å². The predicted octanol–water partition coefficient (Wildman–Crippen LogP) is 4.61. The molecule has 3 aromatic carbocycles. The van der Waals surface area contributed by atoms with Crippen LogP contribution in [-0.4, -0.2) is 41.7 Å². The number of carboxylic acid groups (broad SMARTS) is 1. The van der Waals surface area contributed by atoms with Crippen molar-refractivity contribution in [2.45, 2.75) is 12.5 Å². The molecule has 1 atom stereocenters. The monoisotopic (exact) mass is 505 g/mol. The Kier molecular flexibility index (Phi) is 7.80. The zero-order valence-electron chi connectivity index (χ0n) is 19.8. The molecule has 190 valence electrons. The number of hydrogen-bond acceptors (Lipinski definition) is 7. The van der Waals surface area contributed by atoms with Gasteiger partial charge in [-0.05, 0) is 60.7 Å². The molecule has 4 N–H and O–H groups in total. The molecule has 10 heteroatoms. The summed E-state index contributed by atoms with van der Waals surface area (Å²) in [4.78, 5) is 27.6. The molecular formula is C27H24FN3O6. The number of amides is 1. The Morgan fingerprint density at radius 3 is 2.43 bits per heavy atom. The number of nitrogens with zero attached hydrogens (tertiary/aromatic N) is 1. The maximum Gasteiger partial charge on any atom is 0.320 e. The molecule has 0 aliphatic rings. The van der Waals surface area contributed by atoms with Crippen molar-refractivity contribution in [3.63, 3.8) is 0 Å². The van der Waals surface area contributed by atoms with Gasteiger partial charge in [-0.2, -0.15) is 0 Å². The minimum atomic E-state index is -1.10. The number of pyridine rings is 1. The summed E-state index contributed by atoms with van der Waals surface area (Å²) >= 11 is 0. The largest absolute Gasteiger partial charge is 0.493 e. The Hall–Kier alpha value is -4.70. The fourth-order valence-electron chi connectivity index (χ4n) is 3.45. The normalized spacial score (nSPS) is 11.5. The number of benzene rings is 3. The number of ether oxygens (including phenoxy) is 3. The Balaban J connectivity index is 1.47. The summed E-state index contributed by atoms with van der Waals surface area (Å²) in [6.07, 6.45) is 1.72. The molecule has 1 amide bonds. The average molecular weight is 506 g/mol. The number of aliphatic carboxylic acids is 1. The Bertz CT molecular complexity index is 1410. The topological polar surface area (TPSA) is 133 Å². The molecule has 0 saturated heterocycles. The van der Waals surface area contributed by atoms with Crippen molar-refractivity contribution in [3.8, 4) is 23.0 Å². The van der Waals surface area contributed by atoms with E-state index >= 15 is 0 Å². The lowest BCUT2D eigenvalue weighted by Gasteiger charge is -2.15. The SMILES string of the molecule is COc1cc2c(Oc3ccc(NC(=O)c4ccc(F)cc4)cc3)ccnc2cc1OCCC(N)C(=O)O. The number of carboxylic acids is 1. The van der Waals surface area contributed by atoms with Crippen LogP contribution in [0.15, 0.2) is 72.9 Å². The van der Waals surface area contributed by atoms with E-state index in [4.69, 9.17) is 25.1 Å². The number of rotatable bonds is 10. The van der Waals surface area contributed by atoms with E-state index in [-0.39, 0.29) is 18.9 Å². The van der Waals surface area contributed by atoms with Crippen LogP contribution in [-0.2, 0) is 4.79 Å². The zero-order chi connectivity index (χ0) is 26.4. The first-order valence-corrected chi connectivity index (χ1v) is 11.3. The van der Waals surface area contributed by atoms with Gasteiger partial charge in [0, 0.05) is 35.3 Å². The van der Waals surface area contributed by atoms with E-state index in [0.29, 0.717) is 45.2 Å².